The number of hydrogen-bond acceptors (Lipinski definition) is 3. The molecule has 1 aliphatic carbocycles. The number of nitrogens with zero attached hydrogens (tertiary/aromatic N) is 4. The first-order valence-electron chi connectivity index (χ1n) is 10.6. The first-order chi connectivity index (χ1) is 14.9. The Morgan fingerprint density at radius 1 is 1.16 bits per heavy atom. The number of likely N-dealkylation sites (tertiary alicyclic amines) is 1. The zero-order valence-electron chi connectivity index (χ0n) is 17.1. The highest BCUT2D eigenvalue weighted by molar-refractivity contribution is 5.94. The lowest BCUT2D eigenvalue weighted by molar-refractivity contribution is 0.0665. The summed E-state index contributed by atoms with van der Waals surface area (Å²) in [7, 11) is 0. The number of carbonyl (C=O) groups is 1. The van der Waals surface area contributed by atoms with Crippen LogP contribution in [0.4, 0.5) is 13.2 Å². The zero-order chi connectivity index (χ0) is 21.7. The highest BCUT2D eigenvalue weighted by Gasteiger charge is 2.34. The Morgan fingerprint density at radius 3 is 2.68 bits per heavy atom. The molecule has 1 saturated heterocycles. The van der Waals surface area contributed by atoms with E-state index in [4.69, 9.17) is 0 Å². The number of aromatic nitrogens is 3. The van der Waals surface area contributed by atoms with Crippen LogP contribution in [0.2, 0.25) is 0 Å². The van der Waals surface area contributed by atoms with E-state index in [0.29, 0.717) is 42.0 Å². The van der Waals surface area contributed by atoms with Gasteiger partial charge in [-0.15, -0.1) is 0 Å². The molecule has 2 aliphatic rings. The molecule has 0 bridgehead atoms. The van der Waals surface area contributed by atoms with E-state index >= 15 is 0 Å². The number of halogens is 3. The van der Waals surface area contributed by atoms with Gasteiger partial charge in [-0.05, 0) is 54.9 Å². The Morgan fingerprint density at radius 2 is 1.97 bits per heavy atom. The van der Waals surface area contributed by atoms with E-state index in [0.717, 1.165) is 12.8 Å². The maximum Gasteiger partial charge on any atom is 0.280 e. The molecule has 2 aromatic heterocycles. The number of amides is 1. The molecule has 0 spiro atoms. The smallest absolute Gasteiger partial charge is 0.280 e. The van der Waals surface area contributed by atoms with Crippen LogP contribution in [-0.2, 0) is 0 Å². The Bertz CT molecular complexity index is 1140. The van der Waals surface area contributed by atoms with Crippen molar-refractivity contribution in [1.29, 1.82) is 0 Å². The lowest BCUT2D eigenvalue weighted by Gasteiger charge is -2.37. The van der Waals surface area contributed by atoms with Gasteiger partial charge >= 0.3 is 0 Å². The third-order valence-electron chi connectivity index (χ3n) is 6.52. The maximum atomic E-state index is 14.5. The summed E-state index contributed by atoms with van der Waals surface area (Å²) in [6.07, 6.45) is 1.54. The van der Waals surface area contributed by atoms with Crippen molar-refractivity contribution >= 4 is 11.6 Å². The molecule has 1 aliphatic heterocycles. The summed E-state index contributed by atoms with van der Waals surface area (Å²) >= 11 is 0. The van der Waals surface area contributed by atoms with Crippen LogP contribution >= 0.6 is 0 Å². The lowest BCUT2D eigenvalue weighted by atomic mass is 9.84. The van der Waals surface area contributed by atoms with E-state index in [1.807, 2.05) is 6.92 Å². The standard InChI is InChI=1S/C23H23F3N4O/c1-13-7-9-29(23(31)15-4-5-16(14-2-3-14)18(24)10-15)12-17(13)20-11-19(22(25)26)28-21-6-8-27-30(20)21/h4-6,8,10-11,13-14,17,22H,2-3,7,9,12H2,1H3/t13-,17+/m0/s1. The van der Waals surface area contributed by atoms with E-state index in [9.17, 15) is 18.0 Å². The summed E-state index contributed by atoms with van der Waals surface area (Å²) in [4.78, 5) is 18.8. The van der Waals surface area contributed by atoms with Gasteiger partial charge in [0.15, 0.2) is 5.65 Å². The molecule has 0 unspecified atom stereocenters. The Labute approximate surface area is 177 Å². The first-order valence-corrected chi connectivity index (χ1v) is 10.6. The fourth-order valence-corrected chi connectivity index (χ4v) is 4.54. The highest BCUT2D eigenvalue weighted by Crippen LogP contribution is 2.41. The molecule has 8 heteroatoms. The summed E-state index contributed by atoms with van der Waals surface area (Å²) in [5, 5.41) is 4.26. The quantitative estimate of drug-likeness (QED) is 0.591. The third kappa shape index (κ3) is 3.68. The monoisotopic (exact) mass is 428 g/mol. The molecule has 3 aromatic rings. The summed E-state index contributed by atoms with van der Waals surface area (Å²) in [6.45, 7) is 2.94. The van der Waals surface area contributed by atoms with Crippen molar-refractivity contribution in [3.05, 3.63) is 64.9 Å². The molecule has 0 radical (unpaired) electrons. The van der Waals surface area contributed by atoms with Crippen LogP contribution in [0.5, 0.6) is 0 Å². The van der Waals surface area contributed by atoms with Crippen molar-refractivity contribution < 1.29 is 18.0 Å². The Hall–Kier alpha value is -2.90. The minimum atomic E-state index is -2.69. The van der Waals surface area contributed by atoms with Gasteiger partial charge in [-0.1, -0.05) is 13.0 Å². The predicted octanol–water partition coefficient (Wildman–Crippen LogP) is 4.95. The van der Waals surface area contributed by atoms with Crippen molar-refractivity contribution in [3.63, 3.8) is 0 Å². The van der Waals surface area contributed by atoms with E-state index in [-0.39, 0.29) is 35.2 Å². The normalized spacial score (nSPS) is 21.8. The largest absolute Gasteiger partial charge is 0.338 e. The van der Waals surface area contributed by atoms with Gasteiger partial charge in [0.25, 0.3) is 12.3 Å². The van der Waals surface area contributed by atoms with Gasteiger partial charge in [-0.25, -0.2) is 22.7 Å². The number of benzene rings is 1. The summed E-state index contributed by atoms with van der Waals surface area (Å²) in [6, 6.07) is 7.73. The van der Waals surface area contributed by atoms with Gasteiger partial charge in [0.2, 0.25) is 0 Å². The summed E-state index contributed by atoms with van der Waals surface area (Å²) < 4.78 is 42.9. The molecular formula is C23H23F3N4O. The second-order valence-electron chi connectivity index (χ2n) is 8.64. The van der Waals surface area contributed by atoms with E-state index < -0.39 is 6.43 Å². The van der Waals surface area contributed by atoms with E-state index in [1.54, 1.807) is 27.6 Å². The Kier molecular flexibility index (Phi) is 4.95. The zero-order valence-corrected chi connectivity index (χ0v) is 17.1. The van der Waals surface area contributed by atoms with Crippen molar-refractivity contribution in [1.82, 2.24) is 19.5 Å². The predicted molar refractivity (Wildman–Crippen MR) is 109 cm³/mol. The molecule has 3 heterocycles. The van der Waals surface area contributed by atoms with Gasteiger partial charge in [0, 0.05) is 30.6 Å². The first kappa shape index (κ1) is 20.0. The molecule has 2 atom stereocenters. The summed E-state index contributed by atoms with van der Waals surface area (Å²) in [5.41, 5.74) is 1.68. The SMILES string of the molecule is C[C@H]1CCN(C(=O)c2ccc(C3CC3)c(F)c2)C[C@H]1c1cc(C(F)F)nc2ccnn12. The molecule has 5 nitrogen and oxygen atoms in total. The van der Waals surface area contributed by atoms with Crippen molar-refractivity contribution in [2.24, 2.45) is 5.92 Å². The van der Waals surface area contributed by atoms with Crippen molar-refractivity contribution in [3.8, 4) is 0 Å². The van der Waals surface area contributed by atoms with Crippen LogP contribution < -0.4 is 0 Å². The second kappa shape index (κ2) is 7.66. The van der Waals surface area contributed by atoms with Gasteiger partial charge in [0.1, 0.15) is 11.5 Å². The van der Waals surface area contributed by atoms with Gasteiger partial charge in [-0.3, -0.25) is 4.79 Å². The number of hydrogen-bond donors (Lipinski definition) is 0. The minimum Gasteiger partial charge on any atom is -0.338 e. The molecule has 1 amide bonds. The highest BCUT2D eigenvalue weighted by atomic mass is 19.3. The topological polar surface area (TPSA) is 50.5 Å². The second-order valence-corrected chi connectivity index (χ2v) is 8.64. The van der Waals surface area contributed by atoms with E-state index in [2.05, 4.69) is 10.1 Å². The van der Waals surface area contributed by atoms with Crippen LogP contribution in [0.15, 0.2) is 36.5 Å². The number of fused-ring (bicyclic) bond motifs is 1. The summed E-state index contributed by atoms with van der Waals surface area (Å²) in [5.74, 6) is -0.312. The van der Waals surface area contributed by atoms with Gasteiger partial charge in [-0.2, -0.15) is 5.10 Å². The third-order valence-corrected chi connectivity index (χ3v) is 6.52. The maximum absolute atomic E-state index is 14.5. The van der Waals surface area contributed by atoms with Crippen molar-refractivity contribution in [2.75, 3.05) is 13.1 Å². The van der Waals surface area contributed by atoms with Crippen LogP contribution in [-0.4, -0.2) is 38.5 Å². The molecular weight excluding hydrogens is 405 g/mol. The average Bonchev–Trinajstić information content (AvgIpc) is 3.48. The average molecular weight is 428 g/mol. The fraction of sp³-hybridized carbons (Fsp3) is 0.435. The molecule has 162 valence electrons. The lowest BCUT2D eigenvalue weighted by Crippen LogP contribution is -2.42. The van der Waals surface area contributed by atoms with Crippen LogP contribution in [0.1, 0.15) is 71.8 Å². The van der Waals surface area contributed by atoms with Crippen molar-refractivity contribution in [2.45, 2.75) is 44.4 Å². The van der Waals surface area contributed by atoms with Crippen LogP contribution in [0, 0.1) is 11.7 Å². The van der Waals surface area contributed by atoms with Gasteiger partial charge in [0.05, 0.1) is 11.9 Å². The number of alkyl halides is 2. The molecule has 1 saturated carbocycles. The molecule has 0 N–H and O–H groups in total. The Balaban J connectivity index is 1.44. The number of carbonyl (C=O) groups excluding carboxylic acids is 1. The molecule has 31 heavy (non-hydrogen) atoms. The van der Waals surface area contributed by atoms with E-state index in [1.165, 1.54) is 18.3 Å². The van der Waals surface area contributed by atoms with Crippen LogP contribution in [0.25, 0.3) is 5.65 Å². The van der Waals surface area contributed by atoms with Crippen LogP contribution in [0.3, 0.4) is 0 Å². The molecule has 2 fully saturated rings. The van der Waals surface area contributed by atoms with Gasteiger partial charge < -0.3 is 4.90 Å². The molecule has 1 aromatic carbocycles. The number of piperidine rings is 1. The molecule has 5 rings (SSSR count). The number of rotatable bonds is 4. The minimum absolute atomic E-state index is 0.165. The fourth-order valence-electron chi connectivity index (χ4n) is 4.54.